The highest BCUT2D eigenvalue weighted by atomic mass is 16.4. The molecule has 0 spiro atoms. The molecule has 0 aromatic heterocycles. The van der Waals surface area contributed by atoms with E-state index in [1.54, 1.807) is 0 Å². The molecule has 1 rings (SSSR count). The van der Waals surface area contributed by atoms with Gasteiger partial charge in [0.1, 0.15) is 0 Å². The van der Waals surface area contributed by atoms with Gasteiger partial charge in [-0.2, -0.15) is 0 Å². The summed E-state index contributed by atoms with van der Waals surface area (Å²) < 4.78 is 0. The number of carbonyl (C=O) groups is 1. The molecule has 1 saturated carbocycles. The molecule has 0 aliphatic heterocycles. The normalized spacial score (nSPS) is 37.5. The van der Waals surface area contributed by atoms with Gasteiger partial charge in [-0.3, -0.25) is 4.79 Å². The second-order valence-corrected chi connectivity index (χ2v) is 3.72. The molecule has 11 heavy (non-hydrogen) atoms. The molecule has 0 aromatic carbocycles. The fourth-order valence-electron chi connectivity index (χ4n) is 2.17. The van der Waals surface area contributed by atoms with Crippen molar-refractivity contribution >= 4 is 5.97 Å². The molecule has 1 fully saturated rings. The summed E-state index contributed by atoms with van der Waals surface area (Å²) in [4.78, 5) is 10.9. The van der Waals surface area contributed by atoms with E-state index >= 15 is 0 Å². The van der Waals surface area contributed by atoms with Gasteiger partial charge in [-0.05, 0) is 25.7 Å². The van der Waals surface area contributed by atoms with Gasteiger partial charge >= 0.3 is 5.97 Å². The van der Waals surface area contributed by atoms with E-state index in [0.717, 1.165) is 25.7 Å². The van der Waals surface area contributed by atoms with Gasteiger partial charge in [-0.25, -0.2) is 0 Å². The van der Waals surface area contributed by atoms with Gasteiger partial charge < -0.3 is 5.11 Å². The van der Waals surface area contributed by atoms with E-state index in [1.807, 2.05) is 6.92 Å². The monoisotopic (exact) mass is 156 g/mol. The van der Waals surface area contributed by atoms with E-state index in [2.05, 4.69) is 6.92 Å². The highest BCUT2D eigenvalue weighted by Gasteiger charge is 2.43. The van der Waals surface area contributed by atoms with Gasteiger partial charge in [0.25, 0.3) is 0 Å². The average Bonchev–Trinajstić information content (AvgIpc) is 2.32. The minimum atomic E-state index is -0.609. The Morgan fingerprint density at radius 2 is 2.36 bits per heavy atom. The highest BCUT2D eigenvalue weighted by molar-refractivity contribution is 5.74. The lowest BCUT2D eigenvalue weighted by Crippen LogP contribution is -2.30. The van der Waals surface area contributed by atoms with Crippen LogP contribution in [0, 0.1) is 11.3 Å². The standard InChI is InChI=1S/C9H16O2/c1-3-7-5-4-6-9(7,2)8(10)11/h7H,3-6H2,1-2H3,(H,10,11)/t7-,9+/m1/s1. The zero-order valence-electron chi connectivity index (χ0n) is 7.26. The van der Waals surface area contributed by atoms with E-state index in [0.29, 0.717) is 5.92 Å². The summed E-state index contributed by atoms with van der Waals surface area (Å²) in [5.74, 6) is -0.207. The number of carboxylic acid groups (broad SMARTS) is 1. The van der Waals surface area contributed by atoms with Crippen LogP contribution in [0.4, 0.5) is 0 Å². The van der Waals surface area contributed by atoms with Gasteiger partial charge in [-0.15, -0.1) is 0 Å². The Morgan fingerprint density at radius 3 is 2.73 bits per heavy atom. The van der Waals surface area contributed by atoms with E-state index in [-0.39, 0.29) is 0 Å². The fraction of sp³-hybridized carbons (Fsp3) is 0.889. The van der Waals surface area contributed by atoms with Crippen molar-refractivity contribution in [2.75, 3.05) is 0 Å². The first-order valence-corrected chi connectivity index (χ1v) is 4.34. The average molecular weight is 156 g/mol. The minimum absolute atomic E-state index is 0.403. The largest absolute Gasteiger partial charge is 0.481 e. The summed E-state index contributed by atoms with van der Waals surface area (Å²) in [6, 6.07) is 0. The van der Waals surface area contributed by atoms with Gasteiger partial charge in [0.15, 0.2) is 0 Å². The van der Waals surface area contributed by atoms with Crippen LogP contribution in [0.2, 0.25) is 0 Å². The predicted molar refractivity (Wildman–Crippen MR) is 43.4 cm³/mol. The molecule has 2 atom stereocenters. The zero-order valence-corrected chi connectivity index (χ0v) is 7.26. The topological polar surface area (TPSA) is 37.3 Å². The van der Waals surface area contributed by atoms with E-state index < -0.39 is 11.4 Å². The third kappa shape index (κ3) is 1.26. The number of carboxylic acids is 1. The molecule has 0 unspecified atom stereocenters. The Morgan fingerprint density at radius 1 is 1.73 bits per heavy atom. The van der Waals surface area contributed by atoms with Gasteiger partial charge in [0.2, 0.25) is 0 Å². The lowest BCUT2D eigenvalue weighted by Gasteiger charge is -2.25. The summed E-state index contributed by atoms with van der Waals surface area (Å²) in [7, 11) is 0. The number of aliphatic carboxylic acids is 1. The summed E-state index contributed by atoms with van der Waals surface area (Å²) in [5.41, 5.74) is -0.422. The molecule has 0 heterocycles. The SMILES string of the molecule is CC[C@@H]1CCC[C@]1(C)C(=O)O. The van der Waals surface area contributed by atoms with Crippen LogP contribution in [-0.2, 0) is 4.79 Å². The molecule has 1 aliphatic carbocycles. The van der Waals surface area contributed by atoms with Crippen LogP contribution >= 0.6 is 0 Å². The minimum Gasteiger partial charge on any atom is -0.481 e. The van der Waals surface area contributed by atoms with Crippen molar-refractivity contribution in [2.45, 2.75) is 39.5 Å². The maximum absolute atomic E-state index is 10.9. The lowest BCUT2D eigenvalue weighted by molar-refractivity contribution is -0.150. The molecule has 0 bridgehead atoms. The first-order valence-electron chi connectivity index (χ1n) is 4.34. The first-order chi connectivity index (χ1) is 5.11. The number of hydrogen-bond donors (Lipinski definition) is 1. The van der Waals surface area contributed by atoms with Crippen molar-refractivity contribution in [3.63, 3.8) is 0 Å². The van der Waals surface area contributed by atoms with E-state index in [9.17, 15) is 4.79 Å². The van der Waals surface area contributed by atoms with E-state index in [4.69, 9.17) is 5.11 Å². The smallest absolute Gasteiger partial charge is 0.309 e. The lowest BCUT2D eigenvalue weighted by atomic mass is 9.78. The Bertz CT molecular complexity index is 165. The van der Waals surface area contributed by atoms with Crippen LogP contribution in [0.3, 0.4) is 0 Å². The first kappa shape index (κ1) is 8.57. The van der Waals surface area contributed by atoms with Crippen LogP contribution in [0.25, 0.3) is 0 Å². The summed E-state index contributed by atoms with van der Waals surface area (Å²) in [6.07, 6.45) is 4.05. The molecule has 1 N–H and O–H groups in total. The van der Waals surface area contributed by atoms with Gasteiger partial charge in [-0.1, -0.05) is 19.8 Å². The van der Waals surface area contributed by atoms with Gasteiger partial charge in [0, 0.05) is 0 Å². The van der Waals surface area contributed by atoms with Crippen molar-refractivity contribution in [1.29, 1.82) is 0 Å². The molecule has 1 aliphatic rings. The maximum Gasteiger partial charge on any atom is 0.309 e. The quantitative estimate of drug-likeness (QED) is 0.666. The third-order valence-electron chi connectivity index (χ3n) is 3.13. The Kier molecular flexibility index (Phi) is 2.21. The van der Waals surface area contributed by atoms with Crippen molar-refractivity contribution in [3.8, 4) is 0 Å². The number of hydrogen-bond acceptors (Lipinski definition) is 1. The van der Waals surface area contributed by atoms with Crippen molar-refractivity contribution < 1.29 is 9.90 Å². The second-order valence-electron chi connectivity index (χ2n) is 3.72. The molecule has 2 nitrogen and oxygen atoms in total. The van der Waals surface area contributed by atoms with Gasteiger partial charge in [0.05, 0.1) is 5.41 Å². The number of rotatable bonds is 2. The molecule has 0 saturated heterocycles. The zero-order chi connectivity index (χ0) is 8.48. The molecule has 0 amide bonds. The van der Waals surface area contributed by atoms with Crippen molar-refractivity contribution in [1.82, 2.24) is 0 Å². The molecular formula is C9H16O2. The highest BCUT2D eigenvalue weighted by Crippen LogP contribution is 2.44. The van der Waals surface area contributed by atoms with E-state index in [1.165, 1.54) is 0 Å². The Balaban J connectivity index is 2.75. The van der Waals surface area contributed by atoms with Crippen molar-refractivity contribution in [3.05, 3.63) is 0 Å². The van der Waals surface area contributed by atoms with Crippen LogP contribution in [0.1, 0.15) is 39.5 Å². The maximum atomic E-state index is 10.9. The molecule has 0 radical (unpaired) electrons. The van der Waals surface area contributed by atoms with Crippen LogP contribution in [0.15, 0.2) is 0 Å². The third-order valence-corrected chi connectivity index (χ3v) is 3.13. The molecule has 2 heteroatoms. The Labute approximate surface area is 67.6 Å². The molecular weight excluding hydrogens is 140 g/mol. The predicted octanol–water partition coefficient (Wildman–Crippen LogP) is 2.29. The summed E-state index contributed by atoms with van der Waals surface area (Å²) >= 11 is 0. The molecule has 0 aromatic rings. The van der Waals surface area contributed by atoms with Crippen LogP contribution in [0.5, 0.6) is 0 Å². The fourth-order valence-corrected chi connectivity index (χ4v) is 2.17. The van der Waals surface area contributed by atoms with Crippen molar-refractivity contribution in [2.24, 2.45) is 11.3 Å². The Hall–Kier alpha value is -0.530. The van der Waals surface area contributed by atoms with Crippen LogP contribution < -0.4 is 0 Å². The van der Waals surface area contributed by atoms with Crippen LogP contribution in [-0.4, -0.2) is 11.1 Å². The summed E-state index contributed by atoms with van der Waals surface area (Å²) in [6.45, 7) is 3.97. The molecule has 64 valence electrons. The summed E-state index contributed by atoms with van der Waals surface area (Å²) in [5, 5.41) is 8.97. The second kappa shape index (κ2) is 2.84.